The molecule has 1 aliphatic rings. The number of aromatic nitrogens is 1. The minimum Gasteiger partial charge on any atom is -0.394 e. The first-order chi connectivity index (χ1) is 10.1. The lowest BCUT2D eigenvalue weighted by molar-refractivity contribution is -0.384. The van der Waals surface area contributed by atoms with E-state index in [0.29, 0.717) is 38.4 Å². The second-order valence-corrected chi connectivity index (χ2v) is 5.03. The maximum Gasteiger partial charge on any atom is 0.311 e. The zero-order valence-corrected chi connectivity index (χ0v) is 12.0. The highest BCUT2D eigenvalue weighted by molar-refractivity contribution is 5.61. The van der Waals surface area contributed by atoms with Gasteiger partial charge in [-0.15, -0.1) is 0 Å². The van der Waals surface area contributed by atoms with Crippen LogP contribution in [0.4, 0.5) is 17.3 Å². The van der Waals surface area contributed by atoms with Crippen LogP contribution in [-0.2, 0) is 4.74 Å². The first kappa shape index (κ1) is 15.5. The summed E-state index contributed by atoms with van der Waals surface area (Å²) >= 11 is 0. The number of aliphatic hydroxyl groups is 1. The quantitative estimate of drug-likeness (QED) is 0.537. The van der Waals surface area contributed by atoms with Gasteiger partial charge in [-0.2, -0.15) is 0 Å². The zero-order chi connectivity index (χ0) is 15.3. The van der Waals surface area contributed by atoms with E-state index in [4.69, 9.17) is 4.74 Å². The average molecular weight is 296 g/mol. The highest BCUT2D eigenvalue weighted by Crippen LogP contribution is 2.31. The van der Waals surface area contributed by atoms with Gasteiger partial charge in [-0.3, -0.25) is 10.1 Å². The molecule has 0 aromatic carbocycles. The van der Waals surface area contributed by atoms with Gasteiger partial charge < -0.3 is 20.5 Å². The molecule has 8 heteroatoms. The molecule has 8 nitrogen and oxygen atoms in total. The molecule has 1 fully saturated rings. The summed E-state index contributed by atoms with van der Waals surface area (Å²) in [4.78, 5) is 14.9. The molecule has 0 bridgehead atoms. The van der Waals surface area contributed by atoms with Gasteiger partial charge in [0.25, 0.3) is 0 Å². The number of hydrogen-bond donors (Lipinski definition) is 3. The van der Waals surface area contributed by atoms with E-state index in [1.807, 2.05) is 6.92 Å². The van der Waals surface area contributed by atoms with E-state index in [1.165, 1.54) is 6.07 Å². The summed E-state index contributed by atoms with van der Waals surface area (Å²) in [6.45, 7) is 3.48. The Bertz CT molecular complexity index is 503. The van der Waals surface area contributed by atoms with Crippen molar-refractivity contribution in [3.63, 3.8) is 0 Å². The summed E-state index contributed by atoms with van der Waals surface area (Å²) in [6, 6.07) is 2.99. The number of rotatable bonds is 6. The second kappa shape index (κ2) is 6.68. The summed E-state index contributed by atoms with van der Waals surface area (Å²) in [5.41, 5.74) is -0.725. The van der Waals surface area contributed by atoms with Gasteiger partial charge in [-0.1, -0.05) is 0 Å². The van der Waals surface area contributed by atoms with E-state index >= 15 is 0 Å². The van der Waals surface area contributed by atoms with Crippen LogP contribution in [0.3, 0.4) is 0 Å². The van der Waals surface area contributed by atoms with Gasteiger partial charge in [0.1, 0.15) is 5.82 Å². The van der Waals surface area contributed by atoms with Crippen LogP contribution in [-0.4, -0.2) is 46.9 Å². The van der Waals surface area contributed by atoms with Crippen molar-refractivity contribution >= 4 is 17.3 Å². The summed E-state index contributed by atoms with van der Waals surface area (Å²) in [5.74, 6) is 0.736. The predicted octanol–water partition coefficient (Wildman–Crippen LogP) is 1.37. The number of nitrogens with zero attached hydrogens (tertiary/aromatic N) is 2. The van der Waals surface area contributed by atoms with Crippen LogP contribution in [0.25, 0.3) is 0 Å². The molecule has 0 aliphatic carbocycles. The van der Waals surface area contributed by atoms with Crippen LogP contribution < -0.4 is 10.6 Å². The van der Waals surface area contributed by atoms with Crippen molar-refractivity contribution in [1.82, 2.24) is 4.98 Å². The van der Waals surface area contributed by atoms with E-state index in [0.717, 1.165) is 0 Å². The normalized spacial score (nSPS) is 17.2. The summed E-state index contributed by atoms with van der Waals surface area (Å²) in [6.07, 6.45) is 1.15. The first-order valence-electron chi connectivity index (χ1n) is 6.96. The van der Waals surface area contributed by atoms with E-state index in [1.54, 1.807) is 6.07 Å². The first-order valence-corrected chi connectivity index (χ1v) is 6.96. The molecule has 0 saturated carbocycles. The largest absolute Gasteiger partial charge is 0.394 e. The molecule has 1 aromatic rings. The Morgan fingerprint density at radius 1 is 1.48 bits per heavy atom. The smallest absolute Gasteiger partial charge is 0.311 e. The number of ether oxygens (including phenoxy) is 1. The molecular weight excluding hydrogens is 276 g/mol. The molecule has 0 amide bonds. The molecule has 2 rings (SSSR count). The zero-order valence-electron chi connectivity index (χ0n) is 12.0. The highest BCUT2D eigenvalue weighted by Gasteiger charge is 2.34. The molecule has 21 heavy (non-hydrogen) atoms. The van der Waals surface area contributed by atoms with Crippen LogP contribution in [0.2, 0.25) is 0 Å². The highest BCUT2D eigenvalue weighted by atomic mass is 16.6. The second-order valence-electron chi connectivity index (χ2n) is 5.03. The maximum absolute atomic E-state index is 11.1. The van der Waals surface area contributed by atoms with E-state index in [-0.39, 0.29) is 18.1 Å². The minimum absolute atomic E-state index is 0.101. The third-order valence-corrected chi connectivity index (χ3v) is 3.56. The standard InChI is InChI=1S/C13H20N4O4/c1-2-14-11-4-3-10(17(19)20)12(15-11)16-13(9-18)5-7-21-8-6-13/h3-4,18H,2,5-9H2,1H3,(H2,14,15,16). The molecule has 0 unspecified atom stereocenters. The number of nitrogens with one attached hydrogen (secondary N) is 2. The molecule has 0 spiro atoms. The van der Waals surface area contributed by atoms with Crippen LogP contribution in [0.15, 0.2) is 12.1 Å². The summed E-state index contributed by atoms with van der Waals surface area (Å²) in [5, 5.41) is 26.9. The molecule has 1 aliphatic heterocycles. The maximum atomic E-state index is 11.1. The predicted molar refractivity (Wildman–Crippen MR) is 78.5 cm³/mol. The third-order valence-electron chi connectivity index (χ3n) is 3.56. The lowest BCUT2D eigenvalue weighted by atomic mass is 9.91. The van der Waals surface area contributed by atoms with Gasteiger partial charge in [0.2, 0.25) is 5.82 Å². The molecule has 1 saturated heterocycles. The van der Waals surface area contributed by atoms with E-state index in [2.05, 4.69) is 15.6 Å². The molecule has 0 radical (unpaired) electrons. The molecule has 116 valence electrons. The van der Waals surface area contributed by atoms with Crippen LogP contribution in [0, 0.1) is 10.1 Å². The van der Waals surface area contributed by atoms with Gasteiger partial charge in [0, 0.05) is 25.8 Å². The van der Waals surface area contributed by atoms with Crippen molar-refractivity contribution < 1.29 is 14.8 Å². The number of pyridine rings is 1. The average Bonchev–Trinajstić information content (AvgIpc) is 2.48. The van der Waals surface area contributed by atoms with Gasteiger partial charge >= 0.3 is 5.69 Å². The molecular formula is C13H20N4O4. The fourth-order valence-corrected chi connectivity index (χ4v) is 2.31. The monoisotopic (exact) mass is 296 g/mol. The molecule has 0 atom stereocenters. The van der Waals surface area contributed by atoms with Crippen molar-refractivity contribution in [2.75, 3.05) is 37.0 Å². The number of aliphatic hydroxyl groups excluding tert-OH is 1. The Morgan fingerprint density at radius 2 is 2.19 bits per heavy atom. The van der Waals surface area contributed by atoms with Crippen molar-refractivity contribution in [3.8, 4) is 0 Å². The Labute approximate surface area is 122 Å². The fourth-order valence-electron chi connectivity index (χ4n) is 2.31. The van der Waals surface area contributed by atoms with Crippen molar-refractivity contribution in [2.24, 2.45) is 0 Å². The van der Waals surface area contributed by atoms with Gasteiger partial charge in [0.05, 0.1) is 17.1 Å². The molecule has 1 aromatic heterocycles. The van der Waals surface area contributed by atoms with E-state index in [9.17, 15) is 15.2 Å². The van der Waals surface area contributed by atoms with Crippen molar-refractivity contribution in [2.45, 2.75) is 25.3 Å². The van der Waals surface area contributed by atoms with Gasteiger partial charge in [-0.25, -0.2) is 4.98 Å². The Morgan fingerprint density at radius 3 is 2.76 bits per heavy atom. The lowest BCUT2D eigenvalue weighted by Crippen LogP contribution is -2.47. The molecule has 2 heterocycles. The Kier molecular flexibility index (Phi) is 4.92. The number of nitro groups is 1. The Balaban J connectivity index is 2.30. The third kappa shape index (κ3) is 3.59. The minimum atomic E-state index is -0.624. The topological polar surface area (TPSA) is 110 Å². The van der Waals surface area contributed by atoms with Crippen molar-refractivity contribution in [3.05, 3.63) is 22.2 Å². The number of hydrogen-bond acceptors (Lipinski definition) is 7. The van der Waals surface area contributed by atoms with Crippen LogP contribution >= 0.6 is 0 Å². The van der Waals surface area contributed by atoms with Gasteiger partial charge in [0.15, 0.2) is 0 Å². The summed E-state index contributed by atoms with van der Waals surface area (Å²) < 4.78 is 5.29. The fraction of sp³-hybridized carbons (Fsp3) is 0.615. The van der Waals surface area contributed by atoms with Gasteiger partial charge in [-0.05, 0) is 25.8 Å². The number of anilines is 2. The SMILES string of the molecule is CCNc1ccc([N+](=O)[O-])c(NC2(CO)CCOCC2)n1. The van der Waals surface area contributed by atoms with E-state index < -0.39 is 10.5 Å². The van der Waals surface area contributed by atoms with Crippen LogP contribution in [0.1, 0.15) is 19.8 Å². The molecule has 3 N–H and O–H groups in total. The Hall–Kier alpha value is -1.93. The van der Waals surface area contributed by atoms with Crippen molar-refractivity contribution in [1.29, 1.82) is 0 Å². The summed E-state index contributed by atoms with van der Waals surface area (Å²) in [7, 11) is 0. The van der Waals surface area contributed by atoms with Crippen LogP contribution in [0.5, 0.6) is 0 Å². The lowest BCUT2D eigenvalue weighted by Gasteiger charge is -2.36.